The normalized spacial score (nSPS) is 31.4. The summed E-state index contributed by atoms with van der Waals surface area (Å²) in [5.74, 6) is 2.48. The highest BCUT2D eigenvalue weighted by molar-refractivity contribution is 5.68. The quantitative estimate of drug-likeness (QED) is 0.626. The molecule has 0 spiro atoms. The largest absolute Gasteiger partial charge is 0.465 e. The highest BCUT2D eigenvalue weighted by atomic mass is 19.1. The van der Waals surface area contributed by atoms with Gasteiger partial charge in [0, 0.05) is 6.42 Å². The summed E-state index contributed by atoms with van der Waals surface area (Å²) in [6.07, 6.45) is 3.19. The molecule has 0 bridgehead atoms. The smallest absolute Gasteiger partial charge is 0.408 e. The average molecular weight is 213 g/mol. The van der Waals surface area contributed by atoms with Crippen LogP contribution in [-0.2, 0) is 0 Å². The predicted molar refractivity (Wildman–Crippen MR) is 55.3 cm³/mol. The van der Waals surface area contributed by atoms with E-state index in [1.165, 1.54) is 0 Å². The lowest BCUT2D eigenvalue weighted by atomic mass is 9.72. The number of hydrogen-bond acceptors (Lipinski definition) is 1. The van der Waals surface area contributed by atoms with Crippen molar-refractivity contribution in [2.45, 2.75) is 38.9 Å². The molecule has 0 aliphatic carbocycles. The van der Waals surface area contributed by atoms with Gasteiger partial charge in [-0.3, -0.25) is 4.90 Å². The molecular formula is C11H16FNO2. The van der Waals surface area contributed by atoms with Crippen LogP contribution in [0, 0.1) is 17.8 Å². The second-order valence-corrected chi connectivity index (χ2v) is 4.95. The van der Waals surface area contributed by atoms with E-state index in [9.17, 15) is 9.18 Å². The van der Waals surface area contributed by atoms with Crippen LogP contribution in [0.15, 0.2) is 0 Å². The van der Waals surface area contributed by atoms with E-state index in [1.807, 2.05) is 20.8 Å². The number of rotatable bonds is 0. The number of alkyl halides is 1. The van der Waals surface area contributed by atoms with Crippen molar-refractivity contribution < 1.29 is 14.3 Å². The zero-order chi connectivity index (χ0) is 11.9. The summed E-state index contributed by atoms with van der Waals surface area (Å²) in [4.78, 5) is 12.1. The lowest BCUT2D eigenvalue weighted by Crippen LogP contribution is -2.54. The SMILES string of the molecule is C#C[C@]1(C(C)(C)C)C[C@H](F)CN1C(=O)O. The summed E-state index contributed by atoms with van der Waals surface area (Å²) < 4.78 is 13.3. The van der Waals surface area contributed by atoms with E-state index in [4.69, 9.17) is 11.5 Å². The first-order chi connectivity index (χ1) is 6.74. The third-order valence-electron chi connectivity index (χ3n) is 3.07. The Morgan fingerprint density at radius 2 is 2.20 bits per heavy atom. The second-order valence-electron chi connectivity index (χ2n) is 4.95. The van der Waals surface area contributed by atoms with Crippen molar-refractivity contribution >= 4 is 6.09 Å². The van der Waals surface area contributed by atoms with Gasteiger partial charge in [0.05, 0.1) is 6.54 Å². The molecule has 0 radical (unpaired) electrons. The highest BCUT2D eigenvalue weighted by Crippen LogP contribution is 2.44. The fraction of sp³-hybridized carbons (Fsp3) is 0.727. The molecule has 1 heterocycles. The zero-order valence-corrected chi connectivity index (χ0v) is 9.25. The van der Waals surface area contributed by atoms with E-state index in [-0.39, 0.29) is 13.0 Å². The molecule has 2 atom stereocenters. The first-order valence-corrected chi connectivity index (χ1v) is 4.87. The Kier molecular flexibility index (Phi) is 2.69. The molecule has 1 N–H and O–H groups in total. The van der Waals surface area contributed by atoms with Gasteiger partial charge in [-0.15, -0.1) is 6.42 Å². The molecule has 84 valence electrons. The topological polar surface area (TPSA) is 40.5 Å². The van der Waals surface area contributed by atoms with Gasteiger partial charge in [-0.05, 0) is 5.41 Å². The van der Waals surface area contributed by atoms with Crippen LogP contribution in [0.1, 0.15) is 27.2 Å². The molecule has 1 aliphatic rings. The van der Waals surface area contributed by atoms with Crippen LogP contribution in [0.5, 0.6) is 0 Å². The first kappa shape index (κ1) is 11.8. The maximum atomic E-state index is 13.3. The van der Waals surface area contributed by atoms with Gasteiger partial charge in [-0.2, -0.15) is 0 Å². The monoisotopic (exact) mass is 213 g/mol. The van der Waals surface area contributed by atoms with Gasteiger partial charge in [-0.1, -0.05) is 26.7 Å². The van der Waals surface area contributed by atoms with Crippen LogP contribution in [0.25, 0.3) is 0 Å². The van der Waals surface area contributed by atoms with Crippen molar-refractivity contribution in [1.82, 2.24) is 4.90 Å². The van der Waals surface area contributed by atoms with Crippen LogP contribution in [0.2, 0.25) is 0 Å². The van der Waals surface area contributed by atoms with E-state index >= 15 is 0 Å². The summed E-state index contributed by atoms with van der Waals surface area (Å²) in [6.45, 7) is 5.37. The summed E-state index contributed by atoms with van der Waals surface area (Å²) in [5, 5.41) is 9.02. The molecule has 1 amide bonds. The molecule has 0 aromatic heterocycles. The van der Waals surface area contributed by atoms with Crippen molar-refractivity contribution in [3.63, 3.8) is 0 Å². The molecule has 15 heavy (non-hydrogen) atoms. The summed E-state index contributed by atoms with van der Waals surface area (Å²) in [5.41, 5.74) is -1.50. The Labute approximate surface area is 89.3 Å². The lowest BCUT2D eigenvalue weighted by Gasteiger charge is -2.42. The molecule has 1 fully saturated rings. The van der Waals surface area contributed by atoms with Gasteiger partial charge in [-0.25, -0.2) is 9.18 Å². The van der Waals surface area contributed by atoms with Crippen molar-refractivity contribution in [3.05, 3.63) is 0 Å². The molecule has 4 heteroatoms. The Balaban J connectivity index is 3.19. The van der Waals surface area contributed by atoms with Crippen LogP contribution >= 0.6 is 0 Å². The molecule has 1 rings (SSSR count). The Bertz CT molecular complexity index is 316. The Hall–Kier alpha value is -1.24. The van der Waals surface area contributed by atoms with Crippen LogP contribution < -0.4 is 0 Å². The summed E-state index contributed by atoms with van der Waals surface area (Å²) in [7, 11) is 0. The van der Waals surface area contributed by atoms with E-state index < -0.39 is 23.2 Å². The molecule has 0 aromatic rings. The Morgan fingerprint density at radius 3 is 2.47 bits per heavy atom. The predicted octanol–water partition coefficient (Wildman–Crippen LogP) is 2.13. The standard InChI is InChI=1S/C11H16FNO2/c1-5-11(10(2,3)4)6-8(12)7-13(11)9(14)15/h1,8H,6-7H2,2-4H3,(H,14,15)/t8-,11+/m0/s1. The number of amides is 1. The number of terminal acetylenes is 1. The maximum absolute atomic E-state index is 13.3. The fourth-order valence-electron chi connectivity index (χ4n) is 2.16. The molecule has 3 nitrogen and oxygen atoms in total. The van der Waals surface area contributed by atoms with Crippen molar-refractivity contribution in [2.75, 3.05) is 6.54 Å². The Morgan fingerprint density at radius 1 is 1.67 bits per heavy atom. The van der Waals surface area contributed by atoms with Gasteiger partial charge in [0.2, 0.25) is 0 Å². The first-order valence-electron chi connectivity index (χ1n) is 4.87. The molecule has 1 aliphatic heterocycles. The lowest BCUT2D eigenvalue weighted by molar-refractivity contribution is 0.0703. The molecule has 0 saturated carbocycles. The van der Waals surface area contributed by atoms with E-state index in [1.54, 1.807) is 0 Å². The number of likely N-dealkylation sites (tertiary alicyclic amines) is 1. The molecule has 1 saturated heterocycles. The minimum atomic E-state index is -1.17. The fourth-order valence-corrected chi connectivity index (χ4v) is 2.16. The minimum Gasteiger partial charge on any atom is -0.465 e. The van der Waals surface area contributed by atoms with Gasteiger partial charge in [0.15, 0.2) is 0 Å². The van der Waals surface area contributed by atoms with Crippen molar-refractivity contribution in [3.8, 4) is 12.3 Å². The second kappa shape index (κ2) is 3.41. The van der Waals surface area contributed by atoms with E-state index in [2.05, 4.69) is 5.92 Å². The van der Waals surface area contributed by atoms with E-state index in [0.717, 1.165) is 4.90 Å². The summed E-state index contributed by atoms with van der Waals surface area (Å²) in [6, 6.07) is 0. The molecule has 0 unspecified atom stereocenters. The van der Waals surface area contributed by atoms with Crippen LogP contribution in [0.3, 0.4) is 0 Å². The average Bonchev–Trinajstić information content (AvgIpc) is 2.42. The van der Waals surface area contributed by atoms with Gasteiger partial charge in [0.1, 0.15) is 11.7 Å². The van der Waals surface area contributed by atoms with Crippen molar-refractivity contribution in [1.29, 1.82) is 0 Å². The molecular weight excluding hydrogens is 197 g/mol. The number of hydrogen-bond donors (Lipinski definition) is 1. The zero-order valence-electron chi connectivity index (χ0n) is 9.25. The summed E-state index contributed by atoms with van der Waals surface area (Å²) >= 11 is 0. The number of nitrogens with zero attached hydrogens (tertiary/aromatic N) is 1. The molecule has 0 aromatic carbocycles. The van der Waals surface area contributed by atoms with Crippen LogP contribution in [0.4, 0.5) is 9.18 Å². The minimum absolute atomic E-state index is 0.0826. The third-order valence-corrected chi connectivity index (χ3v) is 3.07. The third kappa shape index (κ3) is 1.67. The number of carboxylic acid groups (broad SMARTS) is 1. The van der Waals surface area contributed by atoms with Gasteiger partial charge < -0.3 is 5.11 Å². The maximum Gasteiger partial charge on any atom is 0.408 e. The van der Waals surface area contributed by atoms with E-state index in [0.29, 0.717) is 0 Å². The van der Waals surface area contributed by atoms with Gasteiger partial charge >= 0.3 is 6.09 Å². The number of carbonyl (C=O) groups is 1. The van der Waals surface area contributed by atoms with Crippen LogP contribution in [-0.4, -0.2) is 34.4 Å². The van der Waals surface area contributed by atoms with Gasteiger partial charge in [0.25, 0.3) is 0 Å². The highest BCUT2D eigenvalue weighted by Gasteiger charge is 2.54. The van der Waals surface area contributed by atoms with Crippen molar-refractivity contribution in [2.24, 2.45) is 5.41 Å². The number of halogens is 1.